The third kappa shape index (κ3) is 5.19. The van der Waals surface area contributed by atoms with Crippen molar-refractivity contribution in [2.24, 2.45) is 11.8 Å². The molecule has 2 fully saturated rings. The van der Waals surface area contributed by atoms with Gasteiger partial charge < -0.3 is 9.16 Å². The van der Waals surface area contributed by atoms with Crippen LogP contribution in [0.25, 0.3) is 0 Å². The van der Waals surface area contributed by atoms with Crippen LogP contribution in [0.1, 0.15) is 72.6 Å². The van der Waals surface area contributed by atoms with E-state index in [1.54, 1.807) is 0 Å². The molecule has 0 aromatic carbocycles. The highest BCUT2D eigenvalue weighted by Gasteiger charge is 2.52. The Balaban J connectivity index is 2.02. The summed E-state index contributed by atoms with van der Waals surface area (Å²) in [6.07, 6.45) is 12.7. The molecule has 4 atom stereocenters. The predicted octanol–water partition coefficient (Wildman–Crippen LogP) is 5.86. The normalized spacial score (nSPS) is 30.1. The molecule has 3 nitrogen and oxygen atoms in total. The topological polar surface area (TPSA) is 35.5 Å². The highest BCUT2D eigenvalue weighted by Crippen LogP contribution is 2.47. The summed E-state index contributed by atoms with van der Waals surface area (Å²) in [7, 11) is -1.82. The Hall–Kier alpha value is -0.613. The molecule has 1 heterocycles. The van der Waals surface area contributed by atoms with Crippen LogP contribution in [-0.4, -0.2) is 26.5 Å². The number of ether oxygens (including phenoxy) is 1. The van der Waals surface area contributed by atoms with Gasteiger partial charge in [-0.3, -0.25) is 4.79 Å². The Morgan fingerprint density at radius 3 is 2.60 bits per heavy atom. The van der Waals surface area contributed by atoms with Gasteiger partial charge in [-0.15, -0.1) is 0 Å². The van der Waals surface area contributed by atoms with Crippen LogP contribution < -0.4 is 0 Å². The Labute approximate surface area is 155 Å². The van der Waals surface area contributed by atoms with Gasteiger partial charge >= 0.3 is 5.97 Å². The van der Waals surface area contributed by atoms with Gasteiger partial charge in [-0.1, -0.05) is 59.1 Å². The fourth-order valence-electron chi connectivity index (χ4n) is 3.79. The Morgan fingerprint density at radius 1 is 1.24 bits per heavy atom. The second kappa shape index (κ2) is 8.39. The summed E-state index contributed by atoms with van der Waals surface area (Å²) in [6, 6.07) is 0. The first-order chi connectivity index (χ1) is 11.7. The molecule has 1 aliphatic heterocycles. The maximum atomic E-state index is 11.7. The summed E-state index contributed by atoms with van der Waals surface area (Å²) in [5, 5.41) is 0.204. The van der Waals surface area contributed by atoms with Crippen molar-refractivity contribution in [1.29, 1.82) is 0 Å². The van der Waals surface area contributed by atoms with Crippen molar-refractivity contribution in [2.45, 2.75) is 103 Å². The van der Waals surface area contributed by atoms with E-state index in [4.69, 9.17) is 9.16 Å². The smallest absolute Gasteiger partial charge is 0.306 e. The Bertz CT molecular complexity index is 478. The summed E-state index contributed by atoms with van der Waals surface area (Å²) >= 11 is 0. The van der Waals surface area contributed by atoms with Crippen LogP contribution in [0.2, 0.25) is 18.1 Å². The van der Waals surface area contributed by atoms with Crippen LogP contribution in [0.15, 0.2) is 12.2 Å². The van der Waals surface area contributed by atoms with Gasteiger partial charge in [0.15, 0.2) is 8.32 Å². The zero-order valence-electron chi connectivity index (χ0n) is 17.1. The van der Waals surface area contributed by atoms with E-state index >= 15 is 0 Å². The maximum Gasteiger partial charge on any atom is 0.306 e. The molecule has 0 amide bonds. The van der Waals surface area contributed by atoms with Gasteiger partial charge in [0.05, 0.1) is 12.5 Å². The van der Waals surface area contributed by atoms with E-state index < -0.39 is 8.32 Å². The quantitative estimate of drug-likeness (QED) is 0.234. The number of hydrogen-bond acceptors (Lipinski definition) is 3. The first kappa shape index (κ1) is 20.7. The van der Waals surface area contributed by atoms with Crippen molar-refractivity contribution in [3.8, 4) is 0 Å². The van der Waals surface area contributed by atoms with Crippen LogP contribution >= 0.6 is 0 Å². The lowest BCUT2D eigenvalue weighted by molar-refractivity contribution is -0.141. The van der Waals surface area contributed by atoms with Gasteiger partial charge in [0.2, 0.25) is 0 Å². The van der Waals surface area contributed by atoms with Crippen molar-refractivity contribution in [3.63, 3.8) is 0 Å². The lowest BCUT2D eigenvalue weighted by Crippen LogP contribution is -2.45. The third-order valence-corrected chi connectivity index (χ3v) is 10.9. The predicted molar refractivity (Wildman–Crippen MR) is 106 cm³/mol. The van der Waals surface area contributed by atoms with Gasteiger partial charge in [0, 0.05) is 18.3 Å². The summed E-state index contributed by atoms with van der Waals surface area (Å²) < 4.78 is 12.3. The second-order valence-electron chi connectivity index (χ2n) is 9.40. The zero-order valence-corrected chi connectivity index (χ0v) is 18.1. The highest BCUT2D eigenvalue weighted by molar-refractivity contribution is 6.74. The van der Waals surface area contributed by atoms with Gasteiger partial charge in [0.1, 0.15) is 6.10 Å². The standard InChI is InChI=1S/C21H38O3Si/c1-7-8-9-10-11-12-13-16-17-14-20(22)23-18(17)15-19(16)24-25(5,6)21(2,3)4/h12-13,16-19H,7-11,14-15H2,1-6H3/b13-12+/t16-,17-,18?,19-/m1/s1. The van der Waals surface area contributed by atoms with Crippen LogP contribution in [0, 0.1) is 11.8 Å². The second-order valence-corrected chi connectivity index (χ2v) is 14.2. The van der Waals surface area contributed by atoms with Crippen LogP contribution in [0.5, 0.6) is 0 Å². The van der Waals surface area contributed by atoms with Crippen molar-refractivity contribution in [1.82, 2.24) is 0 Å². The molecule has 1 aliphatic carbocycles. The summed E-state index contributed by atoms with van der Waals surface area (Å²) in [6.45, 7) is 13.7. The molecule has 144 valence electrons. The molecule has 0 aromatic rings. The number of allylic oxidation sites excluding steroid dienone is 1. The van der Waals surface area contributed by atoms with E-state index in [1.807, 2.05) is 0 Å². The van der Waals surface area contributed by atoms with Crippen LogP contribution in [0.3, 0.4) is 0 Å². The molecular weight excluding hydrogens is 328 g/mol. The molecule has 0 radical (unpaired) electrons. The highest BCUT2D eigenvalue weighted by atomic mass is 28.4. The third-order valence-electron chi connectivity index (χ3n) is 6.39. The van der Waals surface area contributed by atoms with Crippen LogP contribution in [-0.2, 0) is 14.0 Å². The number of rotatable bonds is 8. The molecule has 0 N–H and O–H groups in total. The number of carbonyl (C=O) groups is 1. The minimum Gasteiger partial charge on any atom is -0.462 e. The maximum absolute atomic E-state index is 11.7. The monoisotopic (exact) mass is 366 g/mol. The van der Waals surface area contributed by atoms with E-state index in [0.29, 0.717) is 18.3 Å². The molecule has 25 heavy (non-hydrogen) atoms. The minimum absolute atomic E-state index is 0.0258. The van der Waals surface area contributed by atoms with E-state index in [0.717, 1.165) is 12.8 Å². The van der Waals surface area contributed by atoms with Crippen molar-refractivity contribution in [2.75, 3.05) is 0 Å². The number of hydrogen-bond donors (Lipinski definition) is 0. The first-order valence-corrected chi connectivity index (χ1v) is 13.1. The van der Waals surface area contributed by atoms with Crippen LogP contribution in [0.4, 0.5) is 0 Å². The van der Waals surface area contributed by atoms with E-state index in [2.05, 4.69) is 52.9 Å². The average molecular weight is 367 g/mol. The molecular formula is C21H38O3Si. The number of carbonyl (C=O) groups excluding carboxylic acids is 1. The van der Waals surface area contributed by atoms with Crippen molar-refractivity contribution < 1.29 is 14.0 Å². The van der Waals surface area contributed by atoms with Gasteiger partial charge in [-0.25, -0.2) is 0 Å². The minimum atomic E-state index is -1.82. The molecule has 2 rings (SSSR count). The van der Waals surface area contributed by atoms with Crippen molar-refractivity contribution >= 4 is 14.3 Å². The zero-order chi connectivity index (χ0) is 18.7. The molecule has 0 aromatic heterocycles. The van der Waals surface area contributed by atoms with Gasteiger partial charge in [0.25, 0.3) is 0 Å². The summed E-state index contributed by atoms with van der Waals surface area (Å²) in [5.74, 6) is 0.619. The molecule has 1 saturated heterocycles. The lowest BCUT2D eigenvalue weighted by atomic mass is 9.91. The molecule has 0 bridgehead atoms. The Kier molecular flexibility index (Phi) is 6.94. The SMILES string of the molecule is CCCCCC/C=C/[C@H]1[C@H](O[Si](C)(C)C(C)(C)C)CC2OC(=O)C[C@@H]21. The van der Waals surface area contributed by atoms with E-state index in [9.17, 15) is 4.79 Å². The van der Waals surface area contributed by atoms with Gasteiger partial charge in [-0.05, 0) is 31.0 Å². The lowest BCUT2D eigenvalue weighted by Gasteiger charge is -2.39. The Morgan fingerprint density at radius 2 is 1.96 bits per heavy atom. The fourth-order valence-corrected chi connectivity index (χ4v) is 5.15. The largest absolute Gasteiger partial charge is 0.462 e. The number of fused-ring (bicyclic) bond motifs is 1. The van der Waals surface area contributed by atoms with E-state index in [-0.39, 0.29) is 23.2 Å². The molecule has 2 aliphatic rings. The van der Waals surface area contributed by atoms with E-state index in [1.165, 1.54) is 25.7 Å². The number of esters is 1. The molecule has 4 heteroatoms. The molecule has 0 spiro atoms. The fraction of sp³-hybridized carbons (Fsp3) is 0.857. The number of unbranched alkanes of at least 4 members (excludes halogenated alkanes) is 4. The average Bonchev–Trinajstić information content (AvgIpc) is 2.98. The molecule has 1 unspecified atom stereocenters. The summed E-state index contributed by atoms with van der Waals surface area (Å²) in [5.41, 5.74) is 0. The first-order valence-electron chi connectivity index (χ1n) is 10.2. The summed E-state index contributed by atoms with van der Waals surface area (Å²) in [4.78, 5) is 11.7. The van der Waals surface area contributed by atoms with Crippen molar-refractivity contribution in [3.05, 3.63) is 12.2 Å². The van der Waals surface area contributed by atoms with Gasteiger partial charge in [-0.2, -0.15) is 0 Å². The molecule has 1 saturated carbocycles.